The van der Waals surface area contributed by atoms with Crippen molar-refractivity contribution in [3.8, 4) is 0 Å². The monoisotopic (exact) mass is 297 g/mol. The van der Waals surface area contributed by atoms with E-state index in [2.05, 4.69) is 20.2 Å². The smallest absolute Gasteiger partial charge is 0.355 e. The summed E-state index contributed by atoms with van der Waals surface area (Å²) in [6.45, 7) is 4.79. The van der Waals surface area contributed by atoms with Crippen LogP contribution in [-0.4, -0.2) is 33.3 Å². The second-order valence-electron chi connectivity index (χ2n) is 5.24. The molecule has 21 heavy (non-hydrogen) atoms. The number of rotatable bonds is 2. The van der Waals surface area contributed by atoms with E-state index < -0.39 is 11.7 Å². The summed E-state index contributed by atoms with van der Waals surface area (Å²) >= 11 is 0. The molecule has 0 bridgehead atoms. The summed E-state index contributed by atoms with van der Waals surface area (Å²) in [6, 6.07) is 1.13. The third kappa shape index (κ3) is 2.57. The van der Waals surface area contributed by atoms with Crippen molar-refractivity contribution < 1.29 is 13.2 Å². The Hall–Kier alpha value is -2.12. The van der Waals surface area contributed by atoms with E-state index in [4.69, 9.17) is 0 Å². The highest BCUT2D eigenvalue weighted by atomic mass is 19.4. The zero-order valence-electron chi connectivity index (χ0n) is 11.6. The van der Waals surface area contributed by atoms with E-state index in [1.54, 1.807) is 6.92 Å². The Morgan fingerprint density at radius 2 is 2.00 bits per heavy atom. The maximum absolute atomic E-state index is 12.6. The Morgan fingerprint density at radius 3 is 2.52 bits per heavy atom. The topological polar surface area (TPSA) is 57.7 Å². The van der Waals surface area contributed by atoms with Gasteiger partial charge in [0.05, 0.1) is 11.5 Å². The third-order valence-electron chi connectivity index (χ3n) is 3.54. The zero-order chi connectivity index (χ0) is 15.2. The van der Waals surface area contributed by atoms with Crippen molar-refractivity contribution in [1.29, 1.82) is 0 Å². The van der Waals surface area contributed by atoms with Gasteiger partial charge in [-0.05, 0) is 25.5 Å². The lowest BCUT2D eigenvalue weighted by molar-refractivity contribution is -0.137. The van der Waals surface area contributed by atoms with E-state index in [-0.39, 0.29) is 5.92 Å². The number of alkyl halides is 3. The van der Waals surface area contributed by atoms with Crippen molar-refractivity contribution in [2.75, 3.05) is 18.0 Å². The second kappa shape index (κ2) is 4.71. The maximum atomic E-state index is 12.6. The number of hydrogen-bond acceptors (Lipinski definition) is 4. The third-order valence-corrected chi connectivity index (χ3v) is 3.54. The van der Waals surface area contributed by atoms with Gasteiger partial charge >= 0.3 is 6.18 Å². The van der Waals surface area contributed by atoms with Gasteiger partial charge in [-0.25, -0.2) is 9.97 Å². The molecule has 0 spiro atoms. The minimum absolute atomic E-state index is 0.193. The number of nitrogens with one attached hydrogen (secondary N) is 1. The average molecular weight is 297 g/mol. The van der Waals surface area contributed by atoms with E-state index in [9.17, 15) is 13.2 Å². The number of anilines is 1. The first-order valence-electron chi connectivity index (χ1n) is 6.52. The summed E-state index contributed by atoms with van der Waals surface area (Å²) in [6.07, 6.45) is -3.48. The molecule has 1 fully saturated rings. The van der Waals surface area contributed by atoms with Gasteiger partial charge in [0.15, 0.2) is 5.82 Å². The van der Waals surface area contributed by atoms with Gasteiger partial charge in [-0.15, -0.1) is 0 Å². The van der Waals surface area contributed by atoms with Gasteiger partial charge in [0.2, 0.25) is 0 Å². The van der Waals surface area contributed by atoms with Crippen LogP contribution in [0.25, 0.3) is 0 Å². The van der Waals surface area contributed by atoms with Gasteiger partial charge < -0.3 is 4.90 Å². The van der Waals surface area contributed by atoms with E-state index in [0.29, 0.717) is 24.5 Å². The van der Waals surface area contributed by atoms with E-state index in [1.807, 2.05) is 11.8 Å². The molecule has 1 N–H and O–H groups in total. The summed E-state index contributed by atoms with van der Waals surface area (Å²) in [5, 5.41) is 6.89. The lowest BCUT2D eigenvalue weighted by atomic mass is 9.98. The van der Waals surface area contributed by atoms with Crippen LogP contribution in [0.15, 0.2) is 12.3 Å². The Balaban J connectivity index is 1.72. The summed E-state index contributed by atoms with van der Waals surface area (Å²) in [5.41, 5.74) is -0.195. The highest BCUT2D eigenvalue weighted by molar-refractivity contribution is 5.51. The number of aromatic amines is 1. The largest absolute Gasteiger partial charge is 0.417 e. The van der Waals surface area contributed by atoms with Crippen molar-refractivity contribution in [3.63, 3.8) is 0 Å². The summed E-state index contributed by atoms with van der Waals surface area (Å²) in [7, 11) is 0. The second-order valence-corrected chi connectivity index (χ2v) is 5.24. The minimum atomic E-state index is -4.36. The molecule has 0 aliphatic carbocycles. The predicted octanol–water partition coefficient (Wildman–Crippen LogP) is 2.44. The van der Waals surface area contributed by atoms with Gasteiger partial charge in [0.1, 0.15) is 11.6 Å². The molecular formula is C13H14F3N5. The van der Waals surface area contributed by atoms with Crippen LogP contribution < -0.4 is 4.90 Å². The van der Waals surface area contributed by atoms with Crippen molar-refractivity contribution in [3.05, 3.63) is 35.0 Å². The number of aromatic nitrogens is 4. The van der Waals surface area contributed by atoms with Crippen molar-refractivity contribution in [2.24, 2.45) is 0 Å². The van der Waals surface area contributed by atoms with Crippen LogP contribution in [0.5, 0.6) is 0 Å². The SMILES string of the molecule is Cc1nc(C2CN(c3ncc(C(F)(F)F)cc3C)C2)n[nH]1. The molecule has 8 heteroatoms. The highest BCUT2D eigenvalue weighted by Gasteiger charge is 2.35. The molecule has 5 nitrogen and oxygen atoms in total. The fourth-order valence-electron chi connectivity index (χ4n) is 2.41. The van der Waals surface area contributed by atoms with Crippen LogP contribution in [0, 0.1) is 13.8 Å². The first kappa shape index (κ1) is 13.8. The zero-order valence-corrected chi connectivity index (χ0v) is 11.6. The molecule has 0 aromatic carbocycles. The van der Waals surface area contributed by atoms with Crippen LogP contribution in [0.4, 0.5) is 19.0 Å². The molecule has 0 unspecified atom stereocenters. The van der Waals surface area contributed by atoms with Crippen LogP contribution in [0.2, 0.25) is 0 Å². The van der Waals surface area contributed by atoms with Crippen molar-refractivity contribution >= 4 is 5.82 Å². The number of halogens is 3. The molecule has 1 aliphatic rings. The molecule has 0 radical (unpaired) electrons. The molecule has 1 saturated heterocycles. The van der Waals surface area contributed by atoms with Crippen molar-refractivity contribution in [1.82, 2.24) is 20.2 Å². The van der Waals surface area contributed by atoms with Gasteiger partial charge in [-0.3, -0.25) is 5.10 Å². The summed E-state index contributed by atoms with van der Waals surface area (Å²) in [5.74, 6) is 2.28. The molecule has 1 aliphatic heterocycles. The van der Waals surface area contributed by atoms with Gasteiger partial charge in [-0.1, -0.05) is 0 Å². The molecule has 0 amide bonds. The molecule has 112 valence electrons. The first-order valence-corrected chi connectivity index (χ1v) is 6.52. The predicted molar refractivity (Wildman–Crippen MR) is 70.0 cm³/mol. The highest BCUT2D eigenvalue weighted by Crippen LogP contribution is 2.34. The van der Waals surface area contributed by atoms with E-state index in [0.717, 1.165) is 23.9 Å². The standard InChI is InChI=1S/C13H14F3N5/c1-7-3-10(13(14,15)16)4-17-12(7)21-5-9(6-21)11-18-8(2)19-20-11/h3-4,9H,5-6H2,1-2H3,(H,18,19,20). The fraction of sp³-hybridized carbons (Fsp3) is 0.462. The lowest BCUT2D eigenvalue weighted by Crippen LogP contribution is -2.46. The number of pyridine rings is 1. The summed E-state index contributed by atoms with van der Waals surface area (Å²) < 4.78 is 37.8. The molecule has 2 aromatic rings. The molecule has 3 rings (SSSR count). The quantitative estimate of drug-likeness (QED) is 0.925. The number of H-pyrrole nitrogens is 1. The normalized spacial score (nSPS) is 16.1. The Labute approximate surface area is 119 Å². The van der Waals surface area contributed by atoms with Gasteiger partial charge in [0, 0.05) is 19.3 Å². The number of aryl methyl sites for hydroxylation is 2. The Bertz CT molecular complexity index is 658. The molecular weight excluding hydrogens is 283 g/mol. The van der Waals surface area contributed by atoms with Crippen molar-refractivity contribution in [2.45, 2.75) is 25.9 Å². The maximum Gasteiger partial charge on any atom is 0.417 e. The minimum Gasteiger partial charge on any atom is -0.355 e. The molecule has 0 saturated carbocycles. The molecule has 2 aromatic heterocycles. The van der Waals surface area contributed by atoms with Crippen LogP contribution in [0.3, 0.4) is 0 Å². The van der Waals surface area contributed by atoms with Gasteiger partial charge in [-0.2, -0.15) is 18.3 Å². The van der Waals surface area contributed by atoms with Crippen LogP contribution >= 0.6 is 0 Å². The molecule has 0 atom stereocenters. The van der Waals surface area contributed by atoms with E-state index in [1.165, 1.54) is 0 Å². The fourth-order valence-corrected chi connectivity index (χ4v) is 2.41. The van der Waals surface area contributed by atoms with Crippen LogP contribution in [-0.2, 0) is 6.18 Å². The lowest BCUT2D eigenvalue weighted by Gasteiger charge is -2.39. The number of nitrogens with zero attached hydrogens (tertiary/aromatic N) is 4. The van der Waals surface area contributed by atoms with Gasteiger partial charge in [0.25, 0.3) is 0 Å². The number of hydrogen-bond donors (Lipinski definition) is 1. The average Bonchev–Trinajstić information content (AvgIpc) is 2.74. The Morgan fingerprint density at radius 1 is 1.29 bits per heavy atom. The molecule has 3 heterocycles. The van der Waals surface area contributed by atoms with E-state index >= 15 is 0 Å². The summed E-state index contributed by atoms with van der Waals surface area (Å²) in [4.78, 5) is 10.2. The Kier molecular flexibility index (Phi) is 3.11. The first-order chi connectivity index (χ1) is 9.84. The van der Waals surface area contributed by atoms with Crippen LogP contribution in [0.1, 0.15) is 28.7 Å².